The molecule has 2 rings (SSSR count). The van der Waals surface area contributed by atoms with Crippen LogP contribution in [0.1, 0.15) is 24.2 Å². The zero-order chi connectivity index (χ0) is 12.4. The van der Waals surface area contributed by atoms with E-state index in [1.807, 2.05) is 6.92 Å². The van der Waals surface area contributed by atoms with Crippen molar-refractivity contribution in [3.63, 3.8) is 0 Å². The molecule has 0 radical (unpaired) electrons. The van der Waals surface area contributed by atoms with E-state index in [0.29, 0.717) is 6.54 Å². The Balaban J connectivity index is 2.22. The first kappa shape index (κ1) is 12.2. The molecule has 0 saturated carbocycles. The summed E-state index contributed by atoms with van der Waals surface area (Å²) in [6, 6.07) is 4.40. The van der Waals surface area contributed by atoms with E-state index in [4.69, 9.17) is 5.73 Å². The van der Waals surface area contributed by atoms with Gasteiger partial charge in [-0.25, -0.2) is 9.07 Å². The molecule has 90 valence electrons. The van der Waals surface area contributed by atoms with E-state index in [9.17, 15) is 4.39 Å². The lowest BCUT2D eigenvalue weighted by Crippen LogP contribution is -2.05. The van der Waals surface area contributed by atoms with Crippen LogP contribution in [-0.2, 0) is 6.54 Å². The molecule has 0 saturated heterocycles. The molecule has 2 N–H and O–H groups in total. The Hall–Kier alpha value is -1.27. The predicted octanol–water partition coefficient (Wildman–Crippen LogP) is 2.25. The maximum Gasteiger partial charge on any atom is 0.123 e. The third-order valence-electron chi connectivity index (χ3n) is 2.36. The molecule has 1 aromatic heterocycles. The largest absolute Gasteiger partial charge is 0.323 e. The van der Waals surface area contributed by atoms with Crippen LogP contribution in [-0.4, -0.2) is 15.0 Å². The molecule has 1 heterocycles. The Morgan fingerprint density at radius 3 is 2.94 bits per heavy atom. The van der Waals surface area contributed by atoms with E-state index in [2.05, 4.69) is 26.2 Å². The molecule has 0 bridgehead atoms. The van der Waals surface area contributed by atoms with Gasteiger partial charge in [-0.3, -0.25) is 0 Å². The number of halogens is 2. The first-order valence-corrected chi connectivity index (χ1v) is 5.95. The average molecular weight is 299 g/mol. The van der Waals surface area contributed by atoms with Crippen LogP contribution in [0.2, 0.25) is 0 Å². The highest BCUT2D eigenvalue weighted by Gasteiger charge is 2.07. The van der Waals surface area contributed by atoms with E-state index < -0.39 is 0 Å². The Bertz CT molecular complexity index is 524. The third-order valence-corrected chi connectivity index (χ3v) is 3.14. The minimum Gasteiger partial charge on any atom is -0.323 e. The number of rotatable bonds is 3. The summed E-state index contributed by atoms with van der Waals surface area (Å²) in [5, 5.41) is 7.89. The van der Waals surface area contributed by atoms with Crippen LogP contribution in [0.15, 0.2) is 28.9 Å². The summed E-state index contributed by atoms with van der Waals surface area (Å²) in [6.07, 6.45) is 1.77. The van der Waals surface area contributed by atoms with Crippen LogP contribution in [0.3, 0.4) is 0 Å². The molecular formula is C11H12BrFN4. The van der Waals surface area contributed by atoms with Crippen molar-refractivity contribution < 1.29 is 4.39 Å². The number of hydrogen-bond acceptors (Lipinski definition) is 3. The number of nitrogens with zero attached hydrogens (tertiary/aromatic N) is 3. The number of benzene rings is 1. The number of nitrogens with two attached hydrogens (primary N) is 1. The molecule has 4 nitrogen and oxygen atoms in total. The van der Waals surface area contributed by atoms with Crippen LogP contribution >= 0.6 is 15.9 Å². The van der Waals surface area contributed by atoms with Gasteiger partial charge in [0.1, 0.15) is 5.82 Å². The standard InChI is InChI=1S/C11H12BrFN4/c1-7(14)11-6-17(16-15-11)5-8-4-9(13)2-3-10(8)12/h2-4,6-7H,5,14H2,1H3. The van der Waals surface area contributed by atoms with E-state index in [1.54, 1.807) is 16.9 Å². The highest BCUT2D eigenvalue weighted by Crippen LogP contribution is 2.19. The van der Waals surface area contributed by atoms with Crippen molar-refractivity contribution in [3.8, 4) is 0 Å². The van der Waals surface area contributed by atoms with E-state index in [1.165, 1.54) is 12.1 Å². The van der Waals surface area contributed by atoms with Crippen LogP contribution in [0.5, 0.6) is 0 Å². The topological polar surface area (TPSA) is 56.7 Å². The highest BCUT2D eigenvalue weighted by atomic mass is 79.9. The smallest absolute Gasteiger partial charge is 0.123 e. The molecule has 1 aromatic carbocycles. The van der Waals surface area contributed by atoms with E-state index in [0.717, 1.165) is 15.7 Å². The van der Waals surface area contributed by atoms with Gasteiger partial charge in [-0.2, -0.15) is 0 Å². The van der Waals surface area contributed by atoms with Crippen LogP contribution in [0.25, 0.3) is 0 Å². The lowest BCUT2D eigenvalue weighted by atomic mass is 10.2. The molecule has 1 atom stereocenters. The van der Waals surface area contributed by atoms with Gasteiger partial charge in [0.25, 0.3) is 0 Å². The van der Waals surface area contributed by atoms with Crippen LogP contribution in [0, 0.1) is 5.82 Å². The molecule has 6 heteroatoms. The normalized spacial score (nSPS) is 12.7. The maximum atomic E-state index is 13.1. The monoisotopic (exact) mass is 298 g/mol. The summed E-state index contributed by atoms with van der Waals surface area (Å²) >= 11 is 3.37. The lowest BCUT2D eigenvalue weighted by Gasteiger charge is -2.04. The number of aromatic nitrogens is 3. The van der Waals surface area contributed by atoms with Crippen molar-refractivity contribution in [2.45, 2.75) is 19.5 Å². The fourth-order valence-electron chi connectivity index (χ4n) is 1.44. The molecule has 0 amide bonds. The fraction of sp³-hybridized carbons (Fsp3) is 0.273. The van der Waals surface area contributed by atoms with Gasteiger partial charge in [-0.15, -0.1) is 5.10 Å². The SMILES string of the molecule is CC(N)c1cn(Cc2cc(F)ccc2Br)nn1. The van der Waals surface area contributed by atoms with Crippen LogP contribution in [0.4, 0.5) is 4.39 Å². The predicted molar refractivity (Wildman–Crippen MR) is 65.8 cm³/mol. The summed E-state index contributed by atoms with van der Waals surface area (Å²) in [5.74, 6) is -0.268. The quantitative estimate of drug-likeness (QED) is 0.945. The summed E-state index contributed by atoms with van der Waals surface area (Å²) in [5.41, 5.74) is 7.22. The second kappa shape index (κ2) is 4.93. The second-order valence-electron chi connectivity index (χ2n) is 3.87. The fourth-order valence-corrected chi connectivity index (χ4v) is 1.81. The zero-order valence-corrected chi connectivity index (χ0v) is 10.9. The third kappa shape index (κ3) is 2.89. The van der Waals surface area contributed by atoms with Crippen molar-refractivity contribution in [2.75, 3.05) is 0 Å². The molecule has 0 aliphatic heterocycles. The first-order chi connectivity index (χ1) is 8.06. The Labute approximate surface area is 107 Å². The molecule has 0 aliphatic rings. The van der Waals surface area contributed by atoms with Gasteiger partial charge in [0.2, 0.25) is 0 Å². The van der Waals surface area contributed by atoms with E-state index in [-0.39, 0.29) is 11.9 Å². The van der Waals surface area contributed by atoms with Gasteiger partial charge in [0.05, 0.1) is 18.4 Å². The lowest BCUT2D eigenvalue weighted by molar-refractivity contribution is 0.613. The number of hydrogen-bond donors (Lipinski definition) is 1. The minimum atomic E-state index is -0.268. The molecule has 0 aliphatic carbocycles. The van der Waals surface area contributed by atoms with Crippen molar-refractivity contribution in [2.24, 2.45) is 5.73 Å². The molecule has 0 fully saturated rings. The second-order valence-corrected chi connectivity index (χ2v) is 4.72. The van der Waals surface area contributed by atoms with Gasteiger partial charge in [-0.1, -0.05) is 21.1 Å². The Morgan fingerprint density at radius 1 is 1.53 bits per heavy atom. The Morgan fingerprint density at radius 2 is 2.29 bits per heavy atom. The first-order valence-electron chi connectivity index (χ1n) is 5.16. The summed E-state index contributed by atoms with van der Waals surface area (Å²) in [6.45, 7) is 2.30. The van der Waals surface area contributed by atoms with E-state index >= 15 is 0 Å². The molecule has 2 aromatic rings. The van der Waals surface area contributed by atoms with Crippen molar-refractivity contribution >= 4 is 15.9 Å². The van der Waals surface area contributed by atoms with Crippen LogP contribution < -0.4 is 5.73 Å². The zero-order valence-electron chi connectivity index (χ0n) is 9.27. The van der Waals surface area contributed by atoms with Crippen molar-refractivity contribution in [1.29, 1.82) is 0 Å². The van der Waals surface area contributed by atoms with Crippen molar-refractivity contribution in [1.82, 2.24) is 15.0 Å². The molecular weight excluding hydrogens is 287 g/mol. The maximum absolute atomic E-state index is 13.1. The molecule has 17 heavy (non-hydrogen) atoms. The molecule has 0 spiro atoms. The van der Waals surface area contributed by atoms with Gasteiger partial charge in [0.15, 0.2) is 0 Å². The molecule has 1 unspecified atom stereocenters. The minimum absolute atomic E-state index is 0.153. The van der Waals surface area contributed by atoms with Gasteiger partial charge in [-0.05, 0) is 30.7 Å². The average Bonchev–Trinajstić information content (AvgIpc) is 2.72. The highest BCUT2D eigenvalue weighted by molar-refractivity contribution is 9.10. The summed E-state index contributed by atoms with van der Waals surface area (Å²) < 4.78 is 15.6. The van der Waals surface area contributed by atoms with Crippen molar-refractivity contribution in [3.05, 3.63) is 45.9 Å². The summed E-state index contributed by atoms with van der Waals surface area (Å²) in [4.78, 5) is 0. The summed E-state index contributed by atoms with van der Waals surface area (Å²) in [7, 11) is 0. The van der Waals surface area contributed by atoms with Gasteiger partial charge < -0.3 is 5.73 Å². The van der Waals surface area contributed by atoms with Gasteiger partial charge >= 0.3 is 0 Å². The van der Waals surface area contributed by atoms with Gasteiger partial charge in [0, 0.05) is 10.5 Å². The Kier molecular flexibility index (Phi) is 3.54.